The highest BCUT2D eigenvalue weighted by molar-refractivity contribution is 9.11. The Hall–Kier alpha value is 0.190. The number of phenolic OH excluding ortho intramolecular Hbond substituents is 1. The summed E-state index contributed by atoms with van der Waals surface area (Å²) < 4.78 is 1.38. The number of hydrogen-bond acceptors (Lipinski definition) is 3. The molecule has 1 aromatic carbocycles. The van der Waals surface area contributed by atoms with E-state index in [0.717, 1.165) is 37.8 Å². The highest BCUT2D eigenvalue weighted by Gasteiger charge is 2.19. The molecule has 108 valence electrons. The Morgan fingerprint density at radius 1 is 1.21 bits per heavy atom. The molecule has 0 aromatic heterocycles. The highest BCUT2D eigenvalue weighted by Crippen LogP contribution is 2.33. The van der Waals surface area contributed by atoms with Gasteiger partial charge in [-0.15, -0.1) is 12.4 Å². The molecule has 0 aliphatic heterocycles. The van der Waals surface area contributed by atoms with E-state index in [4.69, 9.17) is 0 Å². The van der Waals surface area contributed by atoms with E-state index in [2.05, 4.69) is 37.2 Å². The van der Waals surface area contributed by atoms with Gasteiger partial charge >= 0.3 is 0 Å². The first-order valence-corrected chi connectivity index (χ1v) is 7.73. The first-order valence-electron chi connectivity index (χ1n) is 6.14. The minimum absolute atomic E-state index is 0. The summed E-state index contributed by atoms with van der Waals surface area (Å²) in [5.41, 5.74) is 1.10. The van der Waals surface area contributed by atoms with Crippen molar-refractivity contribution in [3.63, 3.8) is 0 Å². The van der Waals surface area contributed by atoms with Crippen molar-refractivity contribution in [2.45, 2.75) is 44.4 Å². The molecule has 0 spiro atoms. The third-order valence-electron chi connectivity index (χ3n) is 3.32. The molecule has 0 radical (unpaired) electrons. The number of aliphatic hydroxyl groups excluding tert-OH is 1. The number of aliphatic hydroxyl groups is 1. The molecule has 2 atom stereocenters. The average molecular weight is 416 g/mol. The standard InChI is InChI=1S/C13H17Br2NO2.ClH/c14-11-4-8(5-12(15)13(11)18)7-16-9-2-1-3-10(17)6-9;/h4-5,9-10,16-18H,1-3,6-7H2;1H. The van der Waals surface area contributed by atoms with Crippen LogP contribution in [0.5, 0.6) is 5.75 Å². The van der Waals surface area contributed by atoms with Crippen LogP contribution in [0.4, 0.5) is 0 Å². The number of halogens is 3. The van der Waals surface area contributed by atoms with Gasteiger partial charge < -0.3 is 15.5 Å². The van der Waals surface area contributed by atoms with E-state index < -0.39 is 0 Å². The number of rotatable bonds is 3. The second kappa shape index (κ2) is 7.84. The molecule has 3 nitrogen and oxygen atoms in total. The molecular weight excluding hydrogens is 397 g/mol. The Labute approximate surface area is 136 Å². The summed E-state index contributed by atoms with van der Waals surface area (Å²) in [6.45, 7) is 0.745. The summed E-state index contributed by atoms with van der Waals surface area (Å²) in [5.74, 6) is 0.229. The first kappa shape index (κ1) is 17.2. The maximum absolute atomic E-state index is 9.64. The van der Waals surface area contributed by atoms with Crippen LogP contribution >= 0.6 is 44.3 Å². The van der Waals surface area contributed by atoms with Crippen molar-refractivity contribution >= 4 is 44.3 Å². The minimum Gasteiger partial charge on any atom is -0.506 e. The quantitative estimate of drug-likeness (QED) is 0.705. The summed E-state index contributed by atoms with van der Waals surface area (Å²) in [7, 11) is 0. The molecule has 1 aromatic rings. The highest BCUT2D eigenvalue weighted by atomic mass is 79.9. The van der Waals surface area contributed by atoms with E-state index in [1.54, 1.807) is 0 Å². The van der Waals surface area contributed by atoms with E-state index in [1.807, 2.05) is 12.1 Å². The summed E-state index contributed by atoms with van der Waals surface area (Å²) in [4.78, 5) is 0. The zero-order valence-electron chi connectivity index (χ0n) is 10.4. The second-order valence-electron chi connectivity index (χ2n) is 4.81. The van der Waals surface area contributed by atoms with Gasteiger partial charge in [-0.1, -0.05) is 0 Å². The predicted octanol–water partition coefficient (Wildman–Crippen LogP) is 3.73. The van der Waals surface area contributed by atoms with Crippen molar-refractivity contribution in [2.24, 2.45) is 0 Å². The molecule has 1 aliphatic rings. The fraction of sp³-hybridized carbons (Fsp3) is 0.538. The van der Waals surface area contributed by atoms with Crippen molar-refractivity contribution in [2.75, 3.05) is 0 Å². The topological polar surface area (TPSA) is 52.5 Å². The first-order chi connectivity index (χ1) is 8.56. The van der Waals surface area contributed by atoms with E-state index in [1.165, 1.54) is 0 Å². The van der Waals surface area contributed by atoms with Gasteiger partial charge in [-0.05, 0) is 75.2 Å². The number of aromatic hydroxyl groups is 1. The van der Waals surface area contributed by atoms with Gasteiger partial charge in [0.1, 0.15) is 5.75 Å². The largest absolute Gasteiger partial charge is 0.506 e. The van der Waals surface area contributed by atoms with Gasteiger partial charge in [-0.3, -0.25) is 0 Å². The lowest BCUT2D eigenvalue weighted by Crippen LogP contribution is -2.35. The molecule has 1 saturated carbocycles. The van der Waals surface area contributed by atoms with Crippen LogP contribution in [0.25, 0.3) is 0 Å². The molecular formula is C13H18Br2ClNO2. The Morgan fingerprint density at radius 3 is 2.42 bits per heavy atom. The molecule has 0 amide bonds. The molecule has 6 heteroatoms. The molecule has 2 unspecified atom stereocenters. The van der Waals surface area contributed by atoms with Crippen LogP contribution in [0, 0.1) is 0 Å². The van der Waals surface area contributed by atoms with E-state index in [-0.39, 0.29) is 24.3 Å². The lowest BCUT2D eigenvalue weighted by molar-refractivity contribution is 0.111. The van der Waals surface area contributed by atoms with Crippen molar-refractivity contribution in [3.05, 3.63) is 26.6 Å². The summed E-state index contributed by atoms with van der Waals surface area (Å²) in [6.07, 6.45) is 3.81. The van der Waals surface area contributed by atoms with Crippen LogP contribution in [0.1, 0.15) is 31.2 Å². The Kier molecular flexibility index (Phi) is 7.11. The SMILES string of the molecule is Cl.Oc1c(Br)cc(CNC2CCCC(O)C2)cc1Br. The Morgan fingerprint density at radius 2 is 1.84 bits per heavy atom. The number of phenols is 1. The van der Waals surface area contributed by atoms with E-state index in [9.17, 15) is 10.2 Å². The lowest BCUT2D eigenvalue weighted by Gasteiger charge is -2.26. The van der Waals surface area contributed by atoms with Gasteiger partial charge in [-0.2, -0.15) is 0 Å². The van der Waals surface area contributed by atoms with Crippen LogP contribution in [0.3, 0.4) is 0 Å². The molecule has 2 rings (SSSR count). The molecule has 0 saturated heterocycles. The normalized spacial score (nSPS) is 22.9. The van der Waals surface area contributed by atoms with Gasteiger partial charge in [-0.25, -0.2) is 0 Å². The zero-order chi connectivity index (χ0) is 13.1. The third-order valence-corrected chi connectivity index (χ3v) is 4.53. The van der Waals surface area contributed by atoms with E-state index in [0.29, 0.717) is 15.0 Å². The number of benzene rings is 1. The molecule has 3 N–H and O–H groups in total. The van der Waals surface area contributed by atoms with Crippen molar-refractivity contribution in [1.29, 1.82) is 0 Å². The predicted molar refractivity (Wildman–Crippen MR) is 85.9 cm³/mol. The fourth-order valence-corrected chi connectivity index (χ4v) is 3.61. The fourth-order valence-electron chi connectivity index (χ4n) is 2.33. The number of hydrogen-bond donors (Lipinski definition) is 3. The molecule has 19 heavy (non-hydrogen) atoms. The van der Waals surface area contributed by atoms with Gasteiger partial charge in [0, 0.05) is 12.6 Å². The van der Waals surface area contributed by atoms with Crippen LogP contribution < -0.4 is 5.32 Å². The van der Waals surface area contributed by atoms with Crippen LogP contribution in [0.15, 0.2) is 21.1 Å². The van der Waals surface area contributed by atoms with Crippen LogP contribution in [-0.2, 0) is 6.54 Å². The summed E-state index contributed by atoms with van der Waals surface area (Å²) >= 11 is 6.65. The van der Waals surface area contributed by atoms with Gasteiger partial charge in [0.05, 0.1) is 15.0 Å². The third kappa shape index (κ3) is 4.90. The van der Waals surface area contributed by atoms with Gasteiger partial charge in [0.2, 0.25) is 0 Å². The van der Waals surface area contributed by atoms with Gasteiger partial charge in [0.15, 0.2) is 0 Å². The van der Waals surface area contributed by atoms with Crippen molar-refractivity contribution in [3.8, 4) is 5.75 Å². The van der Waals surface area contributed by atoms with E-state index >= 15 is 0 Å². The molecule has 0 heterocycles. The Bertz CT molecular complexity index is 408. The molecule has 1 aliphatic carbocycles. The van der Waals surface area contributed by atoms with Crippen molar-refractivity contribution < 1.29 is 10.2 Å². The second-order valence-corrected chi connectivity index (χ2v) is 6.51. The smallest absolute Gasteiger partial charge is 0.143 e. The Balaban J connectivity index is 0.00000180. The van der Waals surface area contributed by atoms with Crippen molar-refractivity contribution in [1.82, 2.24) is 5.32 Å². The molecule has 0 bridgehead atoms. The lowest BCUT2D eigenvalue weighted by atomic mass is 9.93. The van der Waals surface area contributed by atoms with Crippen LogP contribution in [0.2, 0.25) is 0 Å². The monoisotopic (exact) mass is 413 g/mol. The summed E-state index contributed by atoms with van der Waals surface area (Å²) in [6, 6.07) is 4.21. The zero-order valence-corrected chi connectivity index (χ0v) is 14.4. The maximum Gasteiger partial charge on any atom is 0.143 e. The average Bonchev–Trinajstić information content (AvgIpc) is 2.33. The summed E-state index contributed by atoms with van der Waals surface area (Å²) in [5, 5.41) is 22.7. The maximum atomic E-state index is 9.64. The van der Waals surface area contributed by atoms with Gasteiger partial charge in [0.25, 0.3) is 0 Å². The number of nitrogens with one attached hydrogen (secondary N) is 1. The molecule has 1 fully saturated rings. The van der Waals surface area contributed by atoms with Crippen LogP contribution in [-0.4, -0.2) is 22.4 Å². The minimum atomic E-state index is -0.158.